The van der Waals surface area contributed by atoms with Crippen LogP contribution in [-0.2, 0) is 20.5 Å². The third kappa shape index (κ3) is 5.01. The van der Waals surface area contributed by atoms with Crippen LogP contribution in [0.15, 0.2) is 78.9 Å². The third-order valence-electron chi connectivity index (χ3n) is 4.66. The van der Waals surface area contributed by atoms with Crippen LogP contribution in [0, 0.1) is 10.1 Å². The zero-order valence-corrected chi connectivity index (χ0v) is 17.3. The Morgan fingerprint density at radius 3 is 2.29 bits per heavy atom. The van der Waals surface area contributed by atoms with Crippen LogP contribution in [0.25, 0.3) is 0 Å². The Labute approximate surface area is 179 Å². The average Bonchev–Trinajstić information content (AvgIpc) is 3.58. The molecule has 0 N–H and O–H groups in total. The van der Waals surface area contributed by atoms with Crippen LogP contribution in [0.3, 0.4) is 0 Å². The summed E-state index contributed by atoms with van der Waals surface area (Å²) in [5, 5.41) is 11.3. The predicted octanol–water partition coefficient (Wildman–Crippen LogP) is 4.04. The maximum absolute atomic E-state index is 13.5. The molecule has 1 aliphatic rings. The van der Waals surface area contributed by atoms with Gasteiger partial charge in [0.2, 0.25) is 10.0 Å². The van der Waals surface area contributed by atoms with Crippen LogP contribution in [0.1, 0.15) is 5.56 Å². The summed E-state index contributed by atoms with van der Waals surface area (Å²) in [6.45, 7) is 0.717. The van der Waals surface area contributed by atoms with E-state index < -0.39 is 14.9 Å². The lowest BCUT2D eigenvalue weighted by Gasteiger charge is -2.26. The maximum atomic E-state index is 13.5. The average molecular weight is 440 g/mol. The van der Waals surface area contributed by atoms with Crippen LogP contribution in [-0.4, -0.2) is 32.7 Å². The molecule has 4 rings (SSSR count). The third-order valence-corrected chi connectivity index (χ3v) is 6.32. The number of nitrogens with zero attached hydrogens (tertiary/aromatic N) is 2. The number of epoxide rings is 1. The summed E-state index contributed by atoms with van der Waals surface area (Å²) in [6.07, 6.45) is -0.0989. The first-order valence-electron chi connectivity index (χ1n) is 9.59. The van der Waals surface area contributed by atoms with Crippen molar-refractivity contribution < 1.29 is 22.8 Å². The summed E-state index contributed by atoms with van der Waals surface area (Å²) >= 11 is 0. The van der Waals surface area contributed by atoms with Gasteiger partial charge in [0.15, 0.2) is 5.75 Å². The lowest BCUT2D eigenvalue weighted by molar-refractivity contribution is -0.384. The van der Waals surface area contributed by atoms with Crippen molar-refractivity contribution in [2.45, 2.75) is 11.9 Å². The van der Waals surface area contributed by atoms with Crippen molar-refractivity contribution >= 4 is 27.1 Å². The van der Waals surface area contributed by atoms with Crippen LogP contribution in [0.2, 0.25) is 0 Å². The fraction of sp³-hybridized carbons (Fsp3) is 0.182. The minimum Gasteiger partial charge on any atom is -0.488 e. The van der Waals surface area contributed by atoms with E-state index in [2.05, 4.69) is 0 Å². The molecule has 1 aliphatic heterocycles. The molecule has 0 spiro atoms. The van der Waals surface area contributed by atoms with Crippen LogP contribution in [0.5, 0.6) is 5.75 Å². The van der Waals surface area contributed by atoms with E-state index in [4.69, 9.17) is 9.47 Å². The number of ether oxygens (including phenoxy) is 2. The van der Waals surface area contributed by atoms with E-state index in [0.29, 0.717) is 17.9 Å². The molecule has 3 aromatic carbocycles. The predicted molar refractivity (Wildman–Crippen MR) is 116 cm³/mol. The van der Waals surface area contributed by atoms with Gasteiger partial charge in [0.25, 0.3) is 5.69 Å². The molecule has 1 saturated heterocycles. The quantitative estimate of drug-likeness (QED) is 0.283. The van der Waals surface area contributed by atoms with Gasteiger partial charge in [-0.15, -0.1) is 0 Å². The minimum atomic E-state index is -3.91. The van der Waals surface area contributed by atoms with E-state index in [1.807, 2.05) is 6.07 Å². The van der Waals surface area contributed by atoms with Crippen molar-refractivity contribution in [2.24, 2.45) is 0 Å². The summed E-state index contributed by atoms with van der Waals surface area (Å²) in [7, 11) is -3.91. The summed E-state index contributed by atoms with van der Waals surface area (Å²) < 4.78 is 39.2. The molecular weight excluding hydrogens is 420 g/mol. The Hall–Kier alpha value is -3.43. The normalized spacial score (nSPS) is 15.3. The SMILES string of the molecule is O=[N+]([O-])c1ccc(N(c2ccccc2)S(=O)(=O)Cc2ccccc2)c(OCC2CO2)c1. The van der Waals surface area contributed by atoms with Crippen molar-refractivity contribution in [1.82, 2.24) is 0 Å². The highest BCUT2D eigenvalue weighted by Crippen LogP contribution is 2.39. The molecule has 0 aliphatic carbocycles. The smallest absolute Gasteiger partial charge is 0.273 e. The van der Waals surface area contributed by atoms with Gasteiger partial charge in [-0.3, -0.25) is 10.1 Å². The summed E-state index contributed by atoms with van der Waals surface area (Å²) in [4.78, 5) is 10.7. The van der Waals surface area contributed by atoms with Crippen molar-refractivity contribution in [1.29, 1.82) is 0 Å². The highest BCUT2D eigenvalue weighted by Gasteiger charge is 2.30. The number of para-hydroxylation sites is 1. The monoisotopic (exact) mass is 440 g/mol. The molecule has 0 radical (unpaired) electrons. The molecular formula is C22H20N2O6S. The molecule has 1 unspecified atom stereocenters. The van der Waals surface area contributed by atoms with E-state index in [9.17, 15) is 18.5 Å². The van der Waals surface area contributed by atoms with Gasteiger partial charge in [-0.2, -0.15) is 0 Å². The Balaban J connectivity index is 1.80. The number of anilines is 2. The van der Waals surface area contributed by atoms with Gasteiger partial charge in [0.1, 0.15) is 12.7 Å². The molecule has 0 saturated carbocycles. The molecule has 31 heavy (non-hydrogen) atoms. The minimum absolute atomic E-state index is 0.0989. The fourth-order valence-corrected chi connectivity index (χ4v) is 4.75. The summed E-state index contributed by atoms with van der Waals surface area (Å²) in [5.74, 6) is -0.143. The molecule has 1 heterocycles. The van der Waals surface area contributed by atoms with Gasteiger partial charge in [0.05, 0.1) is 34.7 Å². The molecule has 1 atom stereocenters. The van der Waals surface area contributed by atoms with Crippen LogP contribution < -0.4 is 9.04 Å². The van der Waals surface area contributed by atoms with E-state index >= 15 is 0 Å². The van der Waals surface area contributed by atoms with Gasteiger partial charge < -0.3 is 9.47 Å². The zero-order valence-electron chi connectivity index (χ0n) is 16.5. The molecule has 0 bridgehead atoms. The first-order valence-corrected chi connectivity index (χ1v) is 11.2. The first-order chi connectivity index (χ1) is 14.9. The van der Waals surface area contributed by atoms with Gasteiger partial charge in [-0.1, -0.05) is 48.5 Å². The lowest BCUT2D eigenvalue weighted by Crippen LogP contribution is -2.28. The molecule has 160 valence electrons. The Bertz CT molecular complexity index is 1170. The molecule has 0 aromatic heterocycles. The first kappa shape index (κ1) is 20.8. The number of hydrogen-bond donors (Lipinski definition) is 0. The second-order valence-electron chi connectivity index (χ2n) is 7.02. The molecule has 0 amide bonds. The highest BCUT2D eigenvalue weighted by atomic mass is 32.2. The van der Waals surface area contributed by atoms with Crippen LogP contribution >= 0.6 is 0 Å². The Kier molecular flexibility index (Phi) is 5.88. The topological polar surface area (TPSA) is 102 Å². The van der Waals surface area contributed by atoms with Gasteiger partial charge in [-0.05, 0) is 23.8 Å². The van der Waals surface area contributed by atoms with Gasteiger partial charge in [0, 0.05) is 6.07 Å². The van der Waals surface area contributed by atoms with E-state index in [0.717, 1.165) is 0 Å². The lowest BCUT2D eigenvalue weighted by atomic mass is 10.2. The van der Waals surface area contributed by atoms with Crippen molar-refractivity contribution in [3.05, 3.63) is 94.5 Å². The van der Waals surface area contributed by atoms with Crippen LogP contribution in [0.4, 0.5) is 17.1 Å². The number of hydrogen-bond acceptors (Lipinski definition) is 6. The molecule has 1 fully saturated rings. The maximum Gasteiger partial charge on any atom is 0.273 e. The number of sulfonamides is 1. The van der Waals surface area contributed by atoms with E-state index in [1.54, 1.807) is 54.6 Å². The van der Waals surface area contributed by atoms with Crippen molar-refractivity contribution in [3.63, 3.8) is 0 Å². The molecule has 9 heteroatoms. The number of rotatable bonds is 9. The molecule has 3 aromatic rings. The summed E-state index contributed by atoms with van der Waals surface area (Å²) in [5.41, 5.74) is 1.04. The van der Waals surface area contributed by atoms with Gasteiger partial charge >= 0.3 is 0 Å². The highest BCUT2D eigenvalue weighted by molar-refractivity contribution is 7.92. The Morgan fingerprint density at radius 2 is 1.68 bits per heavy atom. The van der Waals surface area contributed by atoms with Gasteiger partial charge in [-0.25, -0.2) is 12.7 Å². The van der Waals surface area contributed by atoms with Crippen molar-refractivity contribution in [2.75, 3.05) is 17.5 Å². The van der Waals surface area contributed by atoms with E-state index in [-0.39, 0.29) is 35.6 Å². The second kappa shape index (κ2) is 8.75. The number of nitro benzene ring substituents is 1. The van der Waals surface area contributed by atoms with Crippen molar-refractivity contribution in [3.8, 4) is 5.75 Å². The largest absolute Gasteiger partial charge is 0.488 e. The fourth-order valence-electron chi connectivity index (χ4n) is 3.11. The number of non-ortho nitro benzene ring substituents is 1. The second-order valence-corrected chi connectivity index (χ2v) is 8.83. The zero-order chi connectivity index (χ0) is 21.8. The summed E-state index contributed by atoms with van der Waals surface area (Å²) in [6, 6.07) is 21.3. The number of benzene rings is 3. The molecule has 8 nitrogen and oxygen atoms in total. The number of nitro groups is 1. The van der Waals surface area contributed by atoms with E-state index in [1.165, 1.54) is 22.5 Å². The Morgan fingerprint density at radius 1 is 1.03 bits per heavy atom. The standard InChI is InChI=1S/C22H20N2O6S/c25-24(26)19-11-12-21(22(13-19)30-15-20-14-29-20)23(18-9-5-2-6-10-18)31(27,28)16-17-7-3-1-4-8-17/h1-13,20H,14-16H2.